The van der Waals surface area contributed by atoms with E-state index in [1.54, 1.807) is 16.8 Å². The summed E-state index contributed by atoms with van der Waals surface area (Å²) in [6.45, 7) is 0. The second kappa shape index (κ2) is 9.74. The summed E-state index contributed by atoms with van der Waals surface area (Å²) in [5, 5.41) is 16.0. The van der Waals surface area contributed by atoms with E-state index in [0.717, 1.165) is 22.4 Å². The Hall–Kier alpha value is -4.52. The number of hydrogen-bond acceptors (Lipinski definition) is 5. The maximum atomic E-state index is 11.1. The van der Waals surface area contributed by atoms with Crippen LogP contribution >= 0.6 is 0 Å². The standard InChI is InChI=1S/C26H23N5O2/c1-29(2)18-17-24(21-13-15-23(16-14-21)31(32)33)28-30-19-25(20-9-5-3-6-10-20)27-26(30)22-11-7-4-8-12-22/h3-19H,1-2H3/b18-17+,28-24+. The molecule has 164 valence electrons. The number of nitrogens with zero attached hydrogens (tertiary/aromatic N) is 5. The maximum Gasteiger partial charge on any atom is 0.269 e. The first-order chi connectivity index (χ1) is 16.0. The predicted octanol–water partition coefficient (Wildman–Crippen LogP) is 5.45. The Morgan fingerprint density at radius 2 is 1.55 bits per heavy atom. The molecule has 0 amide bonds. The molecule has 1 heterocycles. The minimum Gasteiger partial charge on any atom is -0.383 e. The Kier molecular flexibility index (Phi) is 6.40. The molecule has 0 bridgehead atoms. The Labute approximate surface area is 192 Å². The van der Waals surface area contributed by atoms with Crippen LogP contribution in [0.15, 0.2) is 109 Å². The van der Waals surface area contributed by atoms with Crippen LogP contribution in [0.5, 0.6) is 0 Å². The minimum atomic E-state index is -0.411. The highest BCUT2D eigenvalue weighted by Crippen LogP contribution is 2.25. The van der Waals surface area contributed by atoms with E-state index in [4.69, 9.17) is 10.1 Å². The number of imidazole rings is 1. The van der Waals surface area contributed by atoms with Gasteiger partial charge < -0.3 is 4.90 Å². The third kappa shape index (κ3) is 5.22. The zero-order valence-electron chi connectivity index (χ0n) is 18.4. The molecule has 0 atom stereocenters. The topological polar surface area (TPSA) is 76.6 Å². The van der Waals surface area contributed by atoms with E-state index in [9.17, 15) is 10.1 Å². The van der Waals surface area contributed by atoms with Gasteiger partial charge in [-0.05, 0) is 18.2 Å². The highest BCUT2D eigenvalue weighted by atomic mass is 16.6. The lowest BCUT2D eigenvalue weighted by Crippen LogP contribution is -2.06. The second-order valence-corrected chi connectivity index (χ2v) is 7.59. The summed E-state index contributed by atoms with van der Waals surface area (Å²) in [5.74, 6) is 0.701. The quantitative estimate of drug-likeness (QED) is 0.219. The molecule has 0 saturated carbocycles. The van der Waals surface area contributed by atoms with Crippen LogP contribution in [0.4, 0.5) is 5.69 Å². The van der Waals surface area contributed by atoms with Crippen LogP contribution < -0.4 is 0 Å². The van der Waals surface area contributed by atoms with Gasteiger partial charge in [0.05, 0.1) is 22.5 Å². The molecular weight excluding hydrogens is 414 g/mol. The Bertz CT molecular complexity index is 1290. The molecular formula is C26H23N5O2. The molecule has 0 aliphatic heterocycles. The molecule has 0 aliphatic rings. The lowest BCUT2D eigenvalue weighted by Gasteiger charge is -2.08. The molecule has 4 aromatic rings. The van der Waals surface area contributed by atoms with Crippen molar-refractivity contribution in [2.45, 2.75) is 0 Å². The Morgan fingerprint density at radius 1 is 0.939 bits per heavy atom. The van der Waals surface area contributed by atoms with Crippen molar-refractivity contribution >= 4 is 11.4 Å². The van der Waals surface area contributed by atoms with E-state index < -0.39 is 4.92 Å². The highest BCUT2D eigenvalue weighted by Gasteiger charge is 2.13. The monoisotopic (exact) mass is 437 g/mol. The number of aromatic nitrogens is 2. The van der Waals surface area contributed by atoms with Gasteiger partial charge in [0.2, 0.25) is 0 Å². The molecule has 1 aromatic heterocycles. The lowest BCUT2D eigenvalue weighted by molar-refractivity contribution is -0.384. The van der Waals surface area contributed by atoms with Crippen molar-refractivity contribution in [3.8, 4) is 22.6 Å². The average Bonchev–Trinajstić information content (AvgIpc) is 3.27. The third-order valence-corrected chi connectivity index (χ3v) is 4.91. The largest absolute Gasteiger partial charge is 0.383 e. The molecule has 0 fully saturated rings. The van der Waals surface area contributed by atoms with Crippen LogP contribution in [0.3, 0.4) is 0 Å². The summed E-state index contributed by atoms with van der Waals surface area (Å²) >= 11 is 0. The van der Waals surface area contributed by atoms with Crippen LogP contribution in [0.2, 0.25) is 0 Å². The summed E-state index contributed by atoms with van der Waals surface area (Å²) in [6, 6.07) is 26.2. The average molecular weight is 438 g/mol. The lowest BCUT2D eigenvalue weighted by atomic mass is 10.1. The fraction of sp³-hybridized carbons (Fsp3) is 0.0769. The van der Waals surface area contributed by atoms with Crippen molar-refractivity contribution in [2.24, 2.45) is 5.10 Å². The van der Waals surface area contributed by atoms with E-state index in [-0.39, 0.29) is 5.69 Å². The number of non-ortho nitro benzene ring substituents is 1. The number of hydrogen-bond donors (Lipinski definition) is 0. The molecule has 0 aliphatic carbocycles. The van der Waals surface area contributed by atoms with E-state index >= 15 is 0 Å². The zero-order valence-corrected chi connectivity index (χ0v) is 18.4. The number of allylic oxidation sites excluding steroid dienone is 1. The third-order valence-electron chi connectivity index (χ3n) is 4.91. The van der Waals surface area contributed by atoms with Gasteiger partial charge in [-0.15, -0.1) is 0 Å². The van der Waals surface area contributed by atoms with Crippen LogP contribution in [-0.4, -0.2) is 39.3 Å². The zero-order chi connectivity index (χ0) is 23.2. The van der Waals surface area contributed by atoms with Crippen LogP contribution in [0, 0.1) is 10.1 Å². The fourth-order valence-electron chi connectivity index (χ4n) is 3.26. The van der Waals surface area contributed by atoms with E-state index in [1.165, 1.54) is 12.1 Å². The normalized spacial score (nSPS) is 11.6. The van der Waals surface area contributed by atoms with Crippen molar-refractivity contribution in [3.63, 3.8) is 0 Å². The Morgan fingerprint density at radius 3 is 2.12 bits per heavy atom. The second-order valence-electron chi connectivity index (χ2n) is 7.59. The van der Waals surface area contributed by atoms with Gasteiger partial charge in [-0.25, -0.2) is 9.66 Å². The molecule has 7 nitrogen and oxygen atoms in total. The van der Waals surface area contributed by atoms with Gasteiger partial charge in [0, 0.05) is 49.1 Å². The molecule has 0 saturated heterocycles. The van der Waals surface area contributed by atoms with Gasteiger partial charge in [-0.3, -0.25) is 10.1 Å². The summed E-state index contributed by atoms with van der Waals surface area (Å²) in [6.07, 6.45) is 5.65. The number of rotatable bonds is 7. The molecule has 0 N–H and O–H groups in total. The highest BCUT2D eigenvalue weighted by molar-refractivity contribution is 6.08. The van der Waals surface area contributed by atoms with Crippen molar-refractivity contribution in [1.29, 1.82) is 0 Å². The van der Waals surface area contributed by atoms with Gasteiger partial charge in [0.25, 0.3) is 5.69 Å². The number of benzene rings is 3. The van der Waals surface area contributed by atoms with Crippen molar-refractivity contribution in [1.82, 2.24) is 14.6 Å². The molecule has 33 heavy (non-hydrogen) atoms. The summed E-state index contributed by atoms with van der Waals surface area (Å²) < 4.78 is 1.76. The first-order valence-corrected chi connectivity index (χ1v) is 10.4. The van der Waals surface area contributed by atoms with Crippen molar-refractivity contribution in [3.05, 3.63) is 119 Å². The predicted molar refractivity (Wildman–Crippen MR) is 131 cm³/mol. The van der Waals surface area contributed by atoms with Gasteiger partial charge in [0.1, 0.15) is 0 Å². The summed E-state index contributed by atoms with van der Waals surface area (Å²) in [4.78, 5) is 17.4. The maximum absolute atomic E-state index is 11.1. The fourth-order valence-corrected chi connectivity index (χ4v) is 3.26. The van der Waals surface area contributed by atoms with Crippen LogP contribution in [-0.2, 0) is 0 Å². The number of nitro groups is 1. The molecule has 3 aromatic carbocycles. The molecule has 4 rings (SSSR count). The SMILES string of the molecule is CN(C)/C=C/C(=N\n1cc(-c2ccccc2)nc1-c1ccccc1)c1ccc([N+](=O)[O-])cc1. The molecule has 0 unspecified atom stereocenters. The summed E-state index contributed by atoms with van der Waals surface area (Å²) in [7, 11) is 3.84. The van der Waals surface area contributed by atoms with Gasteiger partial charge in [0.15, 0.2) is 5.82 Å². The first-order valence-electron chi connectivity index (χ1n) is 10.4. The van der Waals surface area contributed by atoms with Gasteiger partial charge in [-0.2, -0.15) is 5.10 Å². The van der Waals surface area contributed by atoms with Gasteiger partial charge in [-0.1, -0.05) is 60.7 Å². The van der Waals surface area contributed by atoms with E-state index in [1.807, 2.05) is 98.1 Å². The van der Waals surface area contributed by atoms with E-state index in [2.05, 4.69) is 0 Å². The first kappa shape index (κ1) is 21.7. The molecule has 0 radical (unpaired) electrons. The minimum absolute atomic E-state index is 0.0358. The summed E-state index contributed by atoms with van der Waals surface area (Å²) in [5.41, 5.74) is 4.17. The molecule has 0 spiro atoms. The van der Waals surface area contributed by atoms with E-state index in [0.29, 0.717) is 11.5 Å². The Balaban J connectivity index is 1.86. The van der Waals surface area contributed by atoms with Gasteiger partial charge >= 0.3 is 0 Å². The number of nitro benzene ring substituents is 1. The van der Waals surface area contributed by atoms with Crippen LogP contribution in [0.25, 0.3) is 22.6 Å². The van der Waals surface area contributed by atoms with Crippen molar-refractivity contribution < 1.29 is 4.92 Å². The smallest absolute Gasteiger partial charge is 0.269 e. The van der Waals surface area contributed by atoms with Crippen molar-refractivity contribution in [2.75, 3.05) is 14.1 Å². The van der Waals surface area contributed by atoms with Crippen LogP contribution in [0.1, 0.15) is 5.56 Å². The molecule has 7 heteroatoms.